The van der Waals surface area contributed by atoms with Gasteiger partial charge >= 0.3 is 0 Å². The zero-order chi connectivity index (χ0) is 21.2. The van der Waals surface area contributed by atoms with Crippen molar-refractivity contribution in [1.82, 2.24) is 9.80 Å². The summed E-state index contributed by atoms with van der Waals surface area (Å²) in [5.41, 5.74) is 2.54. The van der Waals surface area contributed by atoms with Crippen molar-refractivity contribution in [3.8, 4) is 17.6 Å². The van der Waals surface area contributed by atoms with Crippen LogP contribution in [0.1, 0.15) is 24.0 Å². The van der Waals surface area contributed by atoms with E-state index in [4.69, 9.17) is 14.7 Å². The van der Waals surface area contributed by atoms with Gasteiger partial charge in [0.25, 0.3) is 0 Å². The summed E-state index contributed by atoms with van der Waals surface area (Å²) in [4.78, 5) is 4.81. The van der Waals surface area contributed by atoms with E-state index in [9.17, 15) is 0 Å². The molecule has 0 unspecified atom stereocenters. The Balaban J connectivity index is 1.52. The van der Waals surface area contributed by atoms with Crippen molar-refractivity contribution in [1.29, 1.82) is 5.26 Å². The van der Waals surface area contributed by atoms with Crippen molar-refractivity contribution in [2.75, 3.05) is 46.4 Å². The Morgan fingerprint density at radius 1 is 1.03 bits per heavy atom. The molecule has 3 rings (SSSR count). The highest BCUT2D eigenvalue weighted by molar-refractivity contribution is 9.10. The lowest BCUT2D eigenvalue weighted by Gasteiger charge is -2.34. The highest BCUT2D eigenvalue weighted by Gasteiger charge is 2.18. The van der Waals surface area contributed by atoms with E-state index >= 15 is 0 Å². The number of piperazine rings is 1. The molecule has 2 aromatic rings. The van der Waals surface area contributed by atoms with Gasteiger partial charge < -0.3 is 9.47 Å². The maximum atomic E-state index is 8.75. The van der Waals surface area contributed by atoms with Crippen LogP contribution in [-0.2, 0) is 13.0 Å². The summed E-state index contributed by atoms with van der Waals surface area (Å²) in [7, 11) is 1.69. The minimum atomic E-state index is 0.608. The molecule has 30 heavy (non-hydrogen) atoms. The maximum absolute atomic E-state index is 8.75. The number of halogens is 1. The highest BCUT2D eigenvalue weighted by atomic mass is 79.9. The molecule has 2 aromatic carbocycles. The zero-order valence-electron chi connectivity index (χ0n) is 17.6. The number of methoxy groups -OCH3 is 1. The SMILES string of the molecule is COc1cc(CN2CCN(CCC#N)CC2)cc(Br)c1OCCCc1ccccc1. The molecule has 0 aliphatic carbocycles. The molecular formula is C24H30BrN3O2. The molecule has 0 saturated carbocycles. The Bertz CT molecular complexity index is 830. The first-order valence-electron chi connectivity index (χ1n) is 10.5. The van der Waals surface area contributed by atoms with Gasteiger partial charge in [0.2, 0.25) is 0 Å². The molecule has 0 aromatic heterocycles. The summed E-state index contributed by atoms with van der Waals surface area (Å²) in [6.45, 7) is 6.47. The van der Waals surface area contributed by atoms with E-state index in [0.29, 0.717) is 13.0 Å². The number of nitrogens with zero attached hydrogens (tertiary/aromatic N) is 3. The summed E-state index contributed by atoms with van der Waals surface area (Å²) in [6, 6.07) is 16.9. The van der Waals surface area contributed by atoms with Crippen LogP contribution in [0.15, 0.2) is 46.9 Å². The molecule has 160 valence electrons. The summed E-state index contributed by atoms with van der Waals surface area (Å²) in [5.74, 6) is 1.54. The highest BCUT2D eigenvalue weighted by Crippen LogP contribution is 2.37. The van der Waals surface area contributed by atoms with Crippen LogP contribution in [0, 0.1) is 11.3 Å². The Morgan fingerprint density at radius 2 is 1.77 bits per heavy atom. The first kappa shape index (κ1) is 22.6. The van der Waals surface area contributed by atoms with E-state index in [2.05, 4.69) is 68.2 Å². The monoisotopic (exact) mass is 471 g/mol. The van der Waals surface area contributed by atoms with Crippen LogP contribution in [0.4, 0.5) is 0 Å². The number of hydrogen-bond donors (Lipinski definition) is 0. The molecular weight excluding hydrogens is 442 g/mol. The lowest BCUT2D eigenvalue weighted by molar-refractivity contribution is 0.129. The van der Waals surface area contributed by atoms with Crippen molar-refractivity contribution in [3.63, 3.8) is 0 Å². The van der Waals surface area contributed by atoms with Gasteiger partial charge in [-0.15, -0.1) is 0 Å². The molecule has 1 aliphatic heterocycles. The van der Waals surface area contributed by atoms with Crippen molar-refractivity contribution in [2.45, 2.75) is 25.8 Å². The molecule has 0 radical (unpaired) electrons. The molecule has 0 N–H and O–H groups in total. The fraction of sp³-hybridized carbons (Fsp3) is 0.458. The Morgan fingerprint density at radius 3 is 2.47 bits per heavy atom. The van der Waals surface area contributed by atoms with E-state index in [1.165, 1.54) is 11.1 Å². The zero-order valence-corrected chi connectivity index (χ0v) is 19.2. The number of aryl methyl sites for hydroxylation is 1. The molecule has 0 atom stereocenters. The third-order valence-electron chi connectivity index (χ3n) is 5.40. The first-order valence-corrected chi connectivity index (χ1v) is 11.3. The lowest BCUT2D eigenvalue weighted by atomic mass is 10.1. The summed E-state index contributed by atoms with van der Waals surface area (Å²) in [6.07, 6.45) is 2.56. The first-order chi connectivity index (χ1) is 14.7. The van der Waals surface area contributed by atoms with E-state index in [-0.39, 0.29) is 0 Å². The number of benzene rings is 2. The summed E-state index contributed by atoms with van der Waals surface area (Å²) >= 11 is 3.68. The fourth-order valence-electron chi connectivity index (χ4n) is 3.74. The maximum Gasteiger partial charge on any atom is 0.175 e. The van der Waals surface area contributed by atoms with Crippen LogP contribution >= 0.6 is 15.9 Å². The average molecular weight is 472 g/mol. The minimum Gasteiger partial charge on any atom is -0.493 e. The van der Waals surface area contributed by atoms with Crippen molar-refractivity contribution < 1.29 is 9.47 Å². The van der Waals surface area contributed by atoms with Crippen LogP contribution in [-0.4, -0.2) is 56.2 Å². The standard InChI is InChI=1S/C24H30BrN3O2/c1-29-23-18-21(19-28-14-12-27(13-15-28)11-6-10-26)17-22(25)24(23)30-16-5-9-20-7-3-2-4-8-20/h2-4,7-8,17-18H,5-6,9,11-16,19H2,1H3. The second kappa shape index (κ2) is 11.9. The van der Waals surface area contributed by atoms with Crippen LogP contribution in [0.2, 0.25) is 0 Å². The van der Waals surface area contributed by atoms with Crippen molar-refractivity contribution >= 4 is 15.9 Å². The average Bonchev–Trinajstić information content (AvgIpc) is 2.77. The molecule has 1 heterocycles. The second-order valence-corrected chi connectivity index (χ2v) is 8.43. The summed E-state index contributed by atoms with van der Waals surface area (Å²) in [5, 5.41) is 8.75. The van der Waals surface area contributed by atoms with Crippen LogP contribution in [0.5, 0.6) is 11.5 Å². The van der Waals surface area contributed by atoms with Crippen LogP contribution in [0.25, 0.3) is 0 Å². The number of nitriles is 1. The summed E-state index contributed by atoms with van der Waals surface area (Å²) < 4.78 is 12.6. The van der Waals surface area contributed by atoms with Gasteiger partial charge in [0.05, 0.1) is 24.3 Å². The molecule has 1 saturated heterocycles. The number of hydrogen-bond acceptors (Lipinski definition) is 5. The van der Waals surface area contributed by atoms with Gasteiger partial charge in [0, 0.05) is 45.7 Å². The van der Waals surface area contributed by atoms with Gasteiger partial charge in [-0.3, -0.25) is 9.80 Å². The molecule has 0 spiro atoms. The van der Waals surface area contributed by atoms with E-state index < -0.39 is 0 Å². The van der Waals surface area contributed by atoms with Gasteiger partial charge in [-0.25, -0.2) is 0 Å². The van der Waals surface area contributed by atoms with E-state index in [1.54, 1.807) is 7.11 Å². The normalized spacial score (nSPS) is 15.0. The molecule has 0 amide bonds. The van der Waals surface area contributed by atoms with Gasteiger partial charge in [-0.2, -0.15) is 5.26 Å². The van der Waals surface area contributed by atoms with Crippen LogP contribution in [0.3, 0.4) is 0 Å². The molecule has 0 bridgehead atoms. The predicted molar refractivity (Wildman–Crippen MR) is 123 cm³/mol. The third kappa shape index (κ3) is 6.73. The second-order valence-electron chi connectivity index (χ2n) is 7.57. The fourth-order valence-corrected chi connectivity index (χ4v) is 4.34. The predicted octanol–water partition coefficient (Wildman–Crippen LogP) is 4.50. The van der Waals surface area contributed by atoms with Gasteiger partial charge in [-0.05, 0) is 52.0 Å². The van der Waals surface area contributed by atoms with Gasteiger partial charge in [0.15, 0.2) is 11.5 Å². The molecule has 5 nitrogen and oxygen atoms in total. The smallest absolute Gasteiger partial charge is 0.175 e. The number of ether oxygens (including phenoxy) is 2. The molecule has 1 fully saturated rings. The Kier molecular flexibility index (Phi) is 9.00. The third-order valence-corrected chi connectivity index (χ3v) is 5.99. The van der Waals surface area contributed by atoms with Crippen molar-refractivity contribution in [2.24, 2.45) is 0 Å². The topological polar surface area (TPSA) is 48.7 Å². The lowest BCUT2D eigenvalue weighted by Crippen LogP contribution is -2.46. The number of rotatable bonds is 10. The Hall–Kier alpha value is -2.07. The largest absolute Gasteiger partial charge is 0.493 e. The van der Waals surface area contributed by atoms with Gasteiger partial charge in [-0.1, -0.05) is 30.3 Å². The van der Waals surface area contributed by atoms with Crippen molar-refractivity contribution in [3.05, 3.63) is 58.1 Å². The quantitative estimate of drug-likeness (QED) is 0.477. The molecule has 1 aliphatic rings. The van der Waals surface area contributed by atoms with E-state index in [1.807, 2.05) is 6.07 Å². The van der Waals surface area contributed by atoms with Crippen LogP contribution < -0.4 is 9.47 Å². The molecule has 6 heteroatoms. The van der Waals surface area contributed by atoms with E-state index in [0.717, 1.165) is 68.1 Å². The Labute approximate surface area is 188 Å². The minimum absolute atomic E-state index is 0.608. The van der Waals surface area contributed by atoms with Gasteiger partial charge in [0.1, 0.15) is 0 Å².